The zero-order valence-corrected chi connectivity index (χ0v) is 8.98. The van der Waals surface area contributed by atoms with Gasteiger partial charge in [-0.15, -0.1) is 0 Å². The molecule has 3 nitrogen and oxygen atoms in total. The normalized spacial score (nSPS) is 15.1. The largest absolute Gasteiger partial charge is 0.396 e. The Bertz CT molecular complexity index is 136. The zero-order valence-electron chi connectivity index (χ0n) is 8.98. The van der Waals surface area contributed by atoms with Crippen LogP contribution in [0.25, 0.3) is 0 Å². The Morgan fingerprint density at radius 1 is 1.21 bits per heavy atom. The van der Waals surface area contributed by atoms with Gasteiger partial charge in [0.2, 0.25) is 0 Å². The summed E-state index contributed by atoms with van der Waals surface area (Å²) >= 11 is 0. The third-order valence-corrected chi connectivity index (χ3v) is 2.48. The van der Waals surface area contributed by atoms with E-state index in [4.69, 9.17) is 5.11 Å². The first-order chi connectivity index (χ1) is 6.76. The van der Waals surface area contributed by atoms with Gasteiger partial charge in [-0.05, 0) is 6.42 Å². The highest BCUT2D eigenvalue weighted by Crippen LogP contribution is 2.11. The van der Waals surface area contributed by atoms with E-state index < -0.39 is 12.0 Å². The van der Waals surface area contributed by atoms with E-state index in [1.54, 1.807) is 0 Å². The Morgan fingerprint density at radius 3 is 2.36 bits per heavy atom. The number of hydrogen-bond donors (Lipinski definition) is 2. The van der Waals surface area contributed by atoms with E-state index in [0.29, 0.717) is 12.7 Å². The lowest BCUT2D eigenvalue weighted by Gasteiger charge is -2.14. The number of aliphatic hydroxyl groups excluding tert-OH is 2. The van der Waals surface area contributed by atoms with Crippen molar-refractivity contribution in [3.63, 3.8) is 0 Å². The summed E-state index contributed by atoms with van der Waals surface area (Å²) in [6, 6.07) is 0. The SMILES string of the molecule is CCCCCCC[C@H](O)[C@@H](C=O)CO. The van der Waals surface area contributed by atoms with Crippen molar-refractivity contribution in [1.82, 2.24) is 0 Å². The molecule has 0 bridgehead atoms. The molecule has 0 unspecified atom stereocenters. The zero-order chi connectivity index (χ0) is 10.8. The molecule has 0 saturated carbocycles. The van der Waals surface area contributed by atoms with Crippen molar-refractivity contribution in [2.24, 2.45) is 5.92 Å². The van der Waals surface area contributed by atoms with Crippen LogP contribution >= 0.6 is 0 Å². The van der Waals surface area contributed by atoms with Crippen molar-refractivity contribution in [2.75, 3.05) is 6.61 Å². The molecule has 0 rings (SSSR count). The smallest absolute Gasteiger partial charge is 0.127 e. The Balaban J connectivity index is 3.42. The number of hydrogen-bond acceptors (Lipinski definition) is 3. The molecule has 84 valence electrons. The second-order valence-corrected chi connectivity index (χ2v) is 3.75. The van der Waals surface area contributed by atoms with Gasteiger partial charge in [-0.3, -0.25) is 0 Å². The molecule has 2 N–H and O–H groups in total. The van der Waals surface area contributed by atoms with E-state index >= 15 is 0 Å². The van der Waals surface area contributed by atoms with Gasteiger partial charge in [0.25, 0.3) is 0 Å². The fourth-order valence-corrected chi connectivity index (χ4v) is 1.43. The van der Waals surface area contributed by atoms with Gasteiger partial charge < -0.3 is 15.0 Å². The molecule has 0 aromatic carbocycles. The van der Waals surface area contributed by atoms with Crippen molar-refractivity contribution in [3.05, 3.63) is 0 Å². The van der Waals surface area contributed by atoms with Crippen LogP contribution in [0.1, 0.15) is 45.4 Å². The van der Waals surface area contributed by atoms with E-state index in [-0.39, 0.29) is 6.61 Å². The summed E-state index contributed by atoms with van der Waals surface area (Å²) in [5, 5.41) is 18.2. The van der Waals surface area contributed by atoms with Crippen LogP contribution in [0.3, 0.4) is 0 Å². The second kappa shape index (κ2) is 9.16. The number of aliphatic hydroxyl groups is 2. The second-order valence-electron chi connectivity index (χ2n) is 3.75. The average Bonchev–Trinajstić information content (AvgIpc) is 2.19. The summed E-state index contributed by atoms with van der Waals surface area (Å²) < 4.78 is 0. The molecule has 0 radical (unpaired) electrons. The molecule has 0 saturated heterocycles. The maximum atomic E-state index is 10.4. The van der Waals surface area contributed by atoms with Crippen LogP contribution in [0.5, 0.6) is 0 Å². The predicted octanol–water partition coefficient (Wildman–Crippen LogP) is 1.52. The van der Waals surface area contributed by atoms with Crippen LogP contribution in [-0.2, 0) is 4.79 Å². The minimum Gasteiger partial charge on any atom is -0.396 e. The fraction of sp³-hybridized carbons (Fsp3) is 0.909. The molecule has 0 amide bonds. The van der Waals surface area contributed by atoms with Gasteiger partial charge in [-0.2, -0.15) is 0 Å². The number of aldehydes is 1. The lowest BCUT2D eigenvalue weighted by atomic mass is 9.99. The Kier molecular flexibility index (Phi) is 8.89. The summed E-state index contributed by atoms with van der Waals surface area (Å²) in [6.45, 7) is 1.91. The molecule has 0 aliphatic carbocycles. The number of unbranched alkanes of at least 4 members (excludes halogenated alkanes) is 4. The monoisotopic (exact) mass is 202 g/mol. The predicted molar refractivity (Wildman–Crippen MR) is 56.0 cm³/mol. The third kappa shape index (κ3) is 6.11. The molecule has 0 fully saturated rings. The maximum absolute atomic E-state index is 10.4. The molecule has 0 aromatic rings. The van der Waals surface area contributed by atoms with Crippen molar-refractivity contribution in [1.29, 1.82) is 0 Å². The van der Waals surface area contributed by atoms with Crippen LogP contribution in [-0.4, -0.2) is 29.2 Å². The molecule has 0 heterocycles. The summed E-state index contributed by atoms with van der Waals surface area (Å²) in [5.74, 6) is -0.596. The Hall–Kier alpha value is -0.410. The van der Waals surface area contributed by atoms with Crippen molar-refractivity contribution >= 4 is 6.29 Å². The Morgan fingerprint density at radius 2 is 1.86 bits per heavy atom. The third-order valence-electron chi connectivity index (χ3n) is 2.48. The minimum absolute atomic E-state index is 0.250. The molecule has 3 heteroatoms. The molecular formula is C11H22O3. The maximum Gasteiger partial charge on any atom is 0.127 e. The van der Waals surface area contributed by atoms with Crippen LogP contribution < -0.4 is 0 Å². The summed E-state index contributed by atoms with van der Waals surface area (Å²) in [4.78, 5) is 10.4. The van der Waals surface area contributed by atoms with E-state index in [9.17, 15) is 9.90 Å². The molecule has 0 spiro atoms. The van der Waals surface area contributed by atoms with Crippen LogP contribution in [0, 0.1) is 5.92 Å². The summed E-state index contributed by atoms with van der Waals surface area (Å²) in [6.07, 6.45) is 6.24. The van der Waals surface area contributed by atoms with E-state index in [1.165, 1.54) is 19.3 Å². The van der Waals surface area contributed by atoms with Gasteiger partial charge in [0.15, 0.2) is 0 Å². The first-order valence-electron chi connectivity index (χ1n) is 5.50. The van der Waals surface area contributed by atoms with Gasteiger partial charge >= 0.3 is 0 Å². The Labute approximate surface area is 86.1 Å². The molecule has 14 heavy (non-hydrogen) atoms. The fourth-order valence-electron chi connectivity index (χ4n) is 1.43. The standard InChI is InChI=1S/C11H22O3/c1-2-3-4-5-6-7-11(14)10(8-12)9-13/h8,10-11,13-14H,2-7,9H2,1H3/t10-,11-/m0/s1. The van der Waals surface area contributed by atoms with Gasteiger partial charge in [-0.25, -0.2) is 0 Å². The number of carbonyl (C=O) groups excluding carboxylic acids is 1. The molecule has 0 aromatic heterocycles. The summed E-state index contributed by atoms with van der Waals surface area (Å²) in [7, 11) is 0. The molecule has 0 aliphatic rings. The van der Waals surface area contributed by atoms with E-state index in [2.05, 4.69) is 6.92 Å². The van der Waals surface area contributed by atoms with Crippen molar-refractivity contribution < 1.29 is 15.0 Å². The van der Waals surface area contributed by atoms with Crippen LogP contribution in [0.4, 0.5) is 0 Å². The number of carbonyl (C=O) groups is 1. The van der Waals surface area contributed by atoms with Crippen molar-refractivity contribution in [3.8, 4) is 0 Å². The first kappa shape index (κ1) is 13.6. The van der Waals surface area contributed by atoms with E-state index in [1.807, 2.05) is 0 Å². The summed E-state index contributed by atoms with van der Waals surface area (Å²) in [5.41, 5.74) is 0. The van der Waals surface area contributed by atoms with Gasteiger partial charge in [0.05, 0.1) is 18.6 Å². The van der Waals surface area contributed by atoms with Crippen LogP contribution in [0.2, 0.25) is 0 Å². The molecule has 0 aliphatic heterocycles. The number of rotatable bonds is 9. The lowest BCUT2D eigenvalue weighted by molar-refractivity contribution is -0.116. The topological polar surface area (TPSA) is 57.5 Å². The molecular weight excluding hydrogens is 180 g/mol. The lowest BCUT2D eigenvalue weighted by Crippen LogP contribution is -2.24. The highest BCUT2D eigenvalue weighted by atomic mass is 16.3. The first-order valence-corrected chi connectivity index (χ1v) is 5.50. The van der Waals surface area contributed by atoms with Gasteiger partial charge in [0.1, 0.15) is 6.29 Å². The quantitative estimate of drug-likeness (QED) is 0.440. The van der Waals surface area contributed by atoms with Crippen LogP contribution in [0.15, 0.2) is 0 Å². The van der Waals surface area contributed by atoms with Crippen molar-refractivity contribution in [2.45, 2.75) is 51.6 Å². The molecule has 2 atom stereocenters. The average molecular weight is 202 g/mol. The highest BCUT2D eigenvalue weighted by molar-refractivity contribution is 5.54. The van der Waals surface area contributed by atoms with Gasteiger partial charge in [-0.1, -0.05) is 39.0 Å². The van der Waals surface area contributed by atoms with E-state index in [0.717, 1.165) is 12.8 Å². The highest BCUT2D eigenvalue weighted by Gasteiger charge is 2.16. The minimum atomic E-state index is -0.667. The van der Waals surface area contributed by atoms with Gasteiger partial charge in [0, 0.05) is 0 Å².